The van der Waals surface area contributed by atoms with Crippen LogP contribution >= 0.6 is 0 Å². The minimum atomic E-state index is -0.485. The van der Waals surface area contributed by atoms with Crippen molar-refractivity contribution < 1.29 is 13.9 Å². The fourth-order valence-corrected chi connectivity index (χ4v) is 2.08. The molecule has 0 spiro atoms. The van der Waals surface area contributed by atoms with Crippen molar-refractivity contribution in [3.63, 3.8) is 0 Å². The Bertz CT molecular complexity index is 253. The lowest BCUT2D eigenvalue weighted by Gasteiger charge is -2.34. The summed E-state index contributed by atoms with van der Waals surface area (Å²) < 4.78 is 17.6. The molecule has 6 heteroatoms. The molecule has 0 aromatic heterocycles. The summed E-state index contributed by atoms with van der Waals surface area (Å²) in [6, 6.07) is 0. The minimum absolute atomic E-state index is 0.0598. The molecule has 1 N–H and O–H groups in total. The quantitative estimate of drug-likeness (QED) is 0.520. The summed E-state index contributed by atoms with van der Waals surface area (Å²) in [5, 5.41) is 2.66. The Kier molecular flexibility index (Phi) is 7.15. The van der Waals surface area contributed by atoms with Gasteiger partial charge in [0.05, 0.1) is 12.7 Å². The van der Waals surface area contributed by atoms with Crippen LogP contribution in [0.25, 0.3) is 0 Å². The van der Waals surface area contributed by atoms with Gasteiger partial charge in [-0.05, 0) is 0 Å². The lowest BCUT2D eigenvalue weighted by Crippen LogP contribution is -2.49. The topological polar surface area (TPSA) is 44.8 Å². The molecule has 0 bridgehead atoms. The summed E-state index contributed by atoms with van der Waals surface area (Å²) in [5.41, 5.74) is 0. The van der Waals surface area contributed by atoms with E-state index >= 15 is 0 Å². The van der Waals surface area contributed by atoms with Gasteiger partial charge in [0.1, 0.15) is 6.80 Å². The summed E-state index contributed by atoms with van der Waals surface area (Å²) in [5.74, 6) is 0.134. The molecule has 1 saturated heterocycles. The van der Waals surface area contributed by atoms with Gasteiger partial charge in [0, 0.05) is 46.2 Å². The molecule has 1 aliphatic rings. The zero-order valence-electron chi connectivity index (χ0n) is 11.3. The molecule has 1 heterocycles. The van der Waals surface area contributed by atoms with E-state index in [9.17, 15) is 9.18 Å². The second-order valence-corrected chi connectivity index (χ2v) is 4.55. The standard InChI is InChI=1S/C12H24FN3O2/c1-3-12(17)15(2)8-11-9-16(6-7-18-11)5-4-14-10-13/h11,14H,3-10H2,1-2H3. The number of rotatable bonds is 7. The van der Waals surface area contributed by atoms with Gasteiger partial charge in [0.25, 0.3) is 0 Å². The number of likely N-dealkylation sites (N-methyl/N-ethyl adjacent to an activating group) is 1. The number of nitrogens with one attached hydrogen (secondary N) is 1. The SMILES string of the molecule is CCC(=O)N(C)CC1CN(CCNCF)CCO1. The van der Waals surface area contributed by atoms with Gasteiger partial charge in [-0.15, -0.1) is 0 Å². The maximum atomic E-state index is 11.9. The summed E-state index contributed by atoms with van der Waals surface area (Å²) >= 11 is 0. The molecule has 106 valence electrons. The van der Waals surface area contributed by atoms with Crippen LogP contribution in [-0.4, -0.2) is 75.0 Å². The highest BCUT2D eigenvalue weighted by molar-refractivity contribution is 5.75. The maximum Gasteiger partial charge on any atom is 0.222 e. The van der Waals surface area contributed by atoms with Gasteiger partial charge in [0.15, 0.2) is 0 Å². The first kappa shape index (κ1) is 15.3. The van der Waals surface area contributed by atoms with Crippen LogP contribution in [0.4, 0.5) is 4.39 Å². The Labute approximate surface area is 108 Å². The van der Waals surface area contributed by atoms with Gasteiger partial charge in [-0.2, -0.15) is 0 Å². The third-order valence-electron chi connectivity index (χ3n) is 3.13. The summed E-state index contributed by atoms with van der Waals surface area (Å²) in [6.07, 6.45) is 0.581. The molecule has 1 fully saturated rings. The molecule has 0 aromatic rings. The fraction of sp³-hybridized carbons (Fsp3) is 0.917. The molecular weight excluding hydrogens is 237 g/mol. The Morgan fingerprint density at radius 1 is 1.61 bits per heavy atom. The van der Waals surface area contributed by atoms with Gasteiger partial charge in [-0.1, -0.05) is 6.92 Å². The molecule has 0 radical (unpaired) electrons. The van der Waals surface area contributed by atoms with E-state index in [-0.39, 0.29) is 12.0 Å². The number of carbonyl (C=O) groups is 1. The summed E-state index contributed by atoms with van der Waals surface area (Å²) in [4.78, 5) is 15.4. The number of halogens is 1. The Morgan fingerprint density at radius 2 is 2.39 bits per heavy atom. The Hall–Kier alpha value is -0.720. The van der Waals surface area contributed by atoms with Crippen LogP contribution in [0.1, 0.15) is 13.3 Å². The second-order valence-electron chi connectivity index (χ2n) is 4.55. The van der Waals surface area contributed by atoms with Crippen LogP contribution in [-0.2, 0) is 9.53 Å². The smallest absolute Gasteiger partial charge is 0.222 e. The maximum absolute atomic E-state index is 11.9. The number of amides is 1. The normalized spacial score (nSPS) is 20.9. The Morgan fingerprint density at radius 3 is 3.06 bits per heavy atom. The molecule has 0 aliphatic carbocycles. The molecular formula is C12H24FN3O2. The predicted molar refractivity (Wildman–Crippen MR) is 68.1 cm³/mol. The average molecular weight is 261 g/mol. The van der Waals surface area contributed by atoms with Crippen molar-refractivity contribution in [3.05, 3.63) is 0 Å². The van der Waals surface area contributed by atoms with Crippen LogP contribution in [0.5, 0.6) is 0 Å². The molecule has 1 unspecified atom stereocenters. The van der Waals surface area contributed by atoms with Crippen LogP contribution in [0.15, 0.2) is 0 Å². The van der Waals surface area contributed by atoms with Gasteiger partial charge in [-0.3, -0.25) is 15.0 Å². The first-order valence-corrected chi connectivity index (χ1v) is 6.52. The average Bonchev–Trinajstić information content (AvgIpc) is 2.38. The monoisotopic (exact) mass is 261 g/mol. The van der Waals surface area contributed by atoms with Crippen molar-refractivity contribution in [2.45, 2.75) is 19.4 Å². The van der Waals surface area contributed by atoms with Gasteiger partial charge < -0.3 is 9.64 Å². The molecule has 0 saturated carbocycles. The van der Waals surface area contributed by atoms with E-state index in [1.165, 1.54) is 0 Å². The van der Waals surface area contributed by atoms with E-state index in [0.29, 0.717) is 26.1 Å². The number of nitrogens with zero attached hydrogens (tertiary/aromatic N) is 2. The zero-order chi connectivity index (χ0) is 13.4. The van der Waals surface area contributed by atoms with Crippen molar-refractivity contribution in [2.75, 3.05) is 53.2 Å². The van der Waals surface area contributed by atoms with Crippen molar-refractivity contribution in [3.8, 4) is 0 Å². The molecule has 1 aliphatic heterocycles. The lowest BCUT2D eigenvalue weighted by atomic mass is 10.2. The largest absolute Gasteiger partial charge is 0.374 e. The van der Waals surface area contributed by atoms with E-state index in [1.807, 2.05) is 6.92 Å². The van der Waals surface area contributed by atoms with Gasteiger partial charge >= 0.3 is 0 Å². The van der Waals surface area contributed by atoms with E-state index in [0.717, 1.165) is 19.6 Å². The number of carbonyl (C=O) groups excluding carboxylic acids is 1. The number of alkyl halides is 1. The summed E-state index contributed by atoms with van der Waals surface area (Å²) in [6.45, 7) is 5.80. The number of morpholine rings is 1. The minimum Gasteiger partial charge on any atom is -0.374 e. The number of hydrogen-bond donors (Lipinski definition) is 1. The van der Waals surface area contributed by atoms with E-state index in [1.54, 1.807) is 11.9 Å². The molecule has 1 amide bonds. The van der Waals surface area contributed by atoms with Crippen LogP contribution in [0, 0.1) is 0 Å². The second kappa shape index (κ2) is 8.39. The highest BCUT2D eigenvalue weighted by atomic mass is 19.1. The third-order valence-corrected chi connectivity index (χ3v) is 3.13. The predicted octanol–water partition coefficient (Wildman–Crippen LogP) is 0.0722. The van der Waals surface area contributed by atoms with Crippen LogP contribution in [0.2, 0.25) is 0 Å². The zero-order valence-corrected chi connectivity index (χ0v) is 11.3. The van der Waals surface area contributed by atoms with Crippen molar-refractivity contribution in [1.29, 1.82) is 0 Å². The number of ether oxygens (including phenoxy) is 1. The first-order chi connectivity index (χ1) is 8.67. The van der Waals surface area contributed by atoms with Crippen molar-refractivity contribution >= 4 is 5.91 Å². The van der Waals surface area contributed by atoms with E-state index in [2.05, 4.69) is 10.2 Å². The van der Waals surface area contributed by atoms with Crippen LogP contribution < -0.4 is 5.32 Å². The molecule has 18 heavy (non-hydrogen) atoms. The van der Waals surface area contributed by atoms with E-state index in [4.69, 9.17) is 4.74 Å². The summed E-state index contributed by atoms with van der Waals surface area (Å²) in [7, 11) is 1.80. The fourth-order valence-electron chi connectivity index (χ4n) is 2.08. The van der Waals surface area contributed by atoms with Crippen molar-refractivity contribution in [2.24, 2.45) is 0 Å². The number of hydrogen-bond acceptors (Lipinski definition) is 4. The highest BCUT2D eigenvalue weighted by Gasteiger charge is 2.22. The third kappa shape index (κ3) is 5.29. The first-order valence-electron chi connectivity index (χ1n) is 6.52. The van der Waals surface area contributed by atoms with Crippen molar-refractivity contribution in [1.82, 2.24) is 15.1 Å². The Balaban J connectivity index is 2.27. The molecule has 5 nitrogen and oxygen atoms in total. The lowest BCUT2D eigenvalue weighted by molar-refractivity contribution is -0.132. The van der Waals surface area contributed by atoms with Crippen LogP contribution in [0.3, 0.4) is 0 Å². The molecule has 0 aromatic carbocycles. The van der Waals surface area contributed by atoms with E-state index < -0.39 is 6.80 Å². The molecule has 1 rings (SSSR count). The van der Waals surface area contributed by atoms with Gasteiger partial charge in [0.2, 0.25) is 5.91 Å². The molecule has 1 atom stereocenters. The highest BCUT2D eigenvalue weighted by Crippen LogP contribution is 2.06. The van der Waals surface area contributed by atoms with Gasteiger partial charge in [-0.25, -0.2) is 4.39 Å².